The van der Waals surface area contributed by atoms with Gasteiger partial charge in [0.15, 0.2) is 0 Å². The predicted molar refractivity (Wildman–Crippen MR) is 82.3 cm³/mol. The summed E-state index contributed by atoms with van der Waals surface area (Å²) < 4.78 is 0. The molecule has 5 heteroatoms. The third kappa shape index (κ3) is 3.33. The van der Waals surface area contributed by atoms with E-state index in [1.165, 1.54) is 25.3 Å². The molecule has 0 spiro atoms. The van der Waals surface area contributed by atoms with Gasteiger partial charge in [0, 0.05) is 24.8 Å². The van der Waals surface area contributed by atoms with Crippen LogP contribution in [0, 0.1) is 27.4 Å². The summed E-state index contributed by atoms with van der Waals surface area (Å²) >= 11 is 0. The highest BCUT2D eigenvalue weighted by Crippen LogP contribution is 2.32. The third-order valence-electron chi connectivity index (χ3n) is 4.65. The topological polar surface area (TPSA) is 70.2 Å². The lowest BCUT2D eigenvalue weighted by Gasteiger charge is -2.35. The van der Waals surface area contributed by atoms with Gasteiger partial charge in [0.05, 0.1) is 4.92 Å². The molecule has 5 nitrogen and oxygen atoms in total. The summed E-state index contributed by atoms with van der Waals surface area (Å²) in [5.74, 6) is 0.824. The van der Waals surface area contributed by atoms with E-state index in [-0.39, 0.29) is 11.3 Å². The highest BCUT2D eigenvalue weighted by Gasteiger charge is 2.24. The van der Waals surface area contributed by atoms with Gasteiger partial charge in [-0.15, -0.1) is 0 Å². The molecule has 0 radical (unpaired) electrons. The third-order valence-corrected chi connectivity index (χ3v) is 4.65. The Balaban J connectivity index is 2.16. The van der Waals surface area contributed by atoms with Crippen molar-refractivity contribution >= 4 is 11.4 Å². The number of hydrogen-bond acceptors (Lipinski definition) is 4. The number of benzene rings is 1. The second-order valence-electron chi connectivity index (χ2n) is 5.76. The Bertz CT molecular complexity index is 557. The monoisotopic (exact) mass is 287 g/mol. The maximum absolute atomic E-state index is 11.0. The molecule has 0 amide bonds. The Hall–Kier alpha value is -2.09. The van der Waals surface area contributed by atoms with Crippen molar-refractivity contribution < 1.29 is 4.92 Å². The minimum Gasteiger partial charge on any atom is -0.371 e. The number of rotatable bonds is 4. The van der Waals surface area contributed by atoms with Crippen LogP contribution in [0.1, 0.15) is 44.6 Å². The Labute approximate surface area is 125 Å². The SMILES string of the molecule is CCC1CCC(N(C)c2ccc(C#N)c([N+](=O)[O-])c2)CC1. The van der Waals surface area contributed by atoms with Gasteiger partial charge in [-0.25, -0.2) is 0 Å². The van der Waals surface area contributed by atoms with Crippen LogP contribution in [-0.2, 0) is 0 Å². The second kappa shape index (κ2) is 6.57. The van der Waals surface area contributed by atoms with Crippen LogP contribution in [0.25, 0.3) is 0 Å². The van der Waals surface area contributed by atoms with Gasteiger partial charge in [-0.1, -0.05) is 13.3 Å². The number of nitro benzene ring substituents is 1. The van der Waals surface area contributed by atoms with Crippen molar-refractivity contribution in [1.82, 2.24) is 0 Å². The summed E-state index contributed by atoms with van der Waals surface area (Å²) in [5, 5.41) is 20.0. The summed E-state index contributed by atoms with van der Waals surface area (Å²) in [7, 11) is 1.99. The molecule has 0 heterocycles. The molecule has 0 bridgehead atoms. The molecule has 1 aromatic carbocycles. The second-order valence-corrected chi connectivity index (χ2v) is 5.76. The van der Waals surface area contributed by atoms with Crippen molar-refractivity contribution in [3.8, 4) is 6.07 Å². The van der Waals surface area contributed by atoms with E-state index in [0.29, 0.717) is 6.04 Å². The van der Waals surface area contributed by atoms with Crippen LogP contribution in [0.15, 0.2) is 18.2 Å². The molecule has 0 saturated heterocycles. The smallest absolute Gasteiger partial charge is 0.289 e. The van der Waals surface area contributed by atoms with Crippen molar-refractivity contribution in [1.29, 1.82) is 5.26 Å². The van der Waals surface area contributed by atoms with Crippen LogP contribution < -0.4 is 4.90 Å². The van der Waals surface area contributed by atoms with E-state index in [2.05, 4.69) is 11.8 Å². The first-order chi connectivity index (χ1) is 10.1. The number of hydrogen-bond donors (Lipinski definition) is 0. The molecule has 0 N–H and O–H groups in total. The molecular formula is C16H21N3O2. The first-order valence-corrected chi connectivity index (χ1v) is 7.48. The Morgan fingerprint density at radius 3 is 2.57 bits per heavy atom. The molecule has 1 aliphatic carbocycles. The Morgan fingerprint density at radius 2 is 2.05 bits per heavy atom. The van der Waals surface area contributed by atoms with E-state index in [1.54, 1.807) is 12.1 Å². The van der Waals surface area contributed by atoms with E-state index < -0.39 is 4.92 Å². The highest BCUT2D eigenvalue weighted by molar-refractivity contribution is 5.60. The van der Waals surface area contributed by atoms with Crippen molar-refractivity contribution in [2.45, 2.75) is 45.1 Å². The van der Waals surface area contributed by atoms with E-state index in [1.807, 2.05) is 13.1 Å². The van der Waals surface area contributed by atoms with Gasteiger partial charge in [-0.2, -0.15) is 5.26 Å². The zero-order valence-corrected chi connectivity index (χ0v) is 12.6. The van der Waals surface area contributed by atoms with Crippen LogP contribution in [0.2, 0.25) is 0 Å². The van der Waals surface area contributed by atoms with E-state index in [4.69, 9.17) is 5.26 Å². The molecule has 1 saturated carbocycles. The zero-order chi connectivity index (χ0) is 15.4. The highest BCUT2D eigenvalue weighted by atomic mass is 16.6. The molecule has 0 aromatic heterocycles. The van der Waals surface area contributed by atoms with Crippen LogP contribution in [0.5, 0.6) is 0 Å². The van der Waals surface area contributed by atoms with Crippen LogP contribution >= 0.6 is 0 Å². The Kier molecular flexibility index (Phi) is 4.79. The molecule has 1 fully saturated rings. The van der Waals surface area contributed by atoms with E-state index in [0.717, 1.165) is 24.4 Å². The van der Waals surface area contributed by atoms with E-state index in [9.17, 15) is 10.1 Å². The first kappa shape index (κ1) is 15.3. The first-order valence-electron chi connectivity index (χ1n) is 7.48. The molecule has 112 valence electrons. The standard InChI is InChI=1S/C16H21N3O2/c1-3-12-4-7-14(8-5-12)18(2)15-9-6-13(11-17)16(10-15)19(20)21/h6,9-10,12,14H,3-5,7-8H2,1-2H3. The normalized spacial score (nSPS) is 21.6. The minimum absolute atomic E-state index is 0.107. The largest absolute Gasteiger partial charge is 0.371 e. The fraction of sp³-hybridized carbons (Fsp3) is 0.562. The van der Waals surface area contributed by atoms with Crippen LogP contribution in [-0.4, -0.2) is 18.0 Å². The quantitative estimate of drug-likeness (QED) is 0.622. The average molecular weight is 287 g/mol. The van der Waals surface area contributed by atoms with Gasteiger partial charge in [-0.05, 0) is 43.7 Å². The lowest BCUT2D eigenvalue weighted by molar-refractivity contribution is -0.385. The lowest BCUT2D eigenvalue weighted by atomic mass is 9.84. The molecule has 2 rings (SSSR count). The maximum Gasteiger partial charge on any atom is 0.289 e. The lowest BCUT2D eigenvalue weighted by Crippen LogP contribution is -2.35. The van der Waals surface area contributed by atoms with Crippen molar-refractivity contribution in [2.24, 2.45) is 5.92 Å². The molecule has 0 atom stereocenters. The van der Waals surface area contributed by atoms with Crippen LogP contribution in [0.3, 0.4) is 0 Å². The molecule has 1 aromatic rings. The van der Waals surface area contributed by atoms with Crippen LogP contribution in [0.4, 0.5) is 11.4 Å². The molecule has 0 aliphatic heterocycles. The van der Waals surface area contributed by atoms with Crippen molar-refractivity contribution in [3.05, 3.63) is 33.9 Å². The van der Waals surface area contributed by atoms with Gasteiger partial charge < -0.3 is 4.90 Å². The number of nitriles is 1. The van der Waals surface area contributed by atoms with E-state index >= 15 is 0 Å². The molecule has 0 unspecified atom stereocenters. The van der Waals surface area contributed by atoms with Crippen molar-refractivity contribution in [2.75, 3.05) is 11.9 Å². The van der Waals surface area contributed by atoms with Gasteiger partial charge in [-0.3, -0.25) is 10.1 Å². The fourth-order valence-electron chi connectivity index (χ4n) is 3.14. The van der Waals surface area contributed by atoms with Gasteiger partial charge >= 0.3 is 0 Å². The summed E-state index contributed by atoms with van der Waals surface area (Å²) in [6.07, 6.45) is 5.94. The van der Waals surface area contributed by atoms with Gasteiger partial charge in [0.1, 0.15) is 11.6 Å². The maximum atomic E-state index is 11.0. The molecule has 21 heavy (non-hydrogen) atoms. The van der Waals surface area contributed by atoms with Gasteiger partial charge in [0.2, 0.25) is 0 Å². The number of anilines is 1. The summed E-state index contributed by atoms with van der Waals surface area (Å²) in [4.78, 5) is 12.7. The summed E-state index contributed by atoms with van der Waals surface area (Å²) in [6, 6.07) is 7.17. The fourth-order valence-corrected chi connectivity index (χ4v) is 3.14. The van der Waals surface area contributed by atoms with Crippen molar-refractivity contribution in [3.63, 3.8) is 0 Å². The van der Waals surface area contributed by atoms with Gasteiger partial charge in [0.25, 0.3) is 5.69 Å². The average Bonchev–Trinajstić information content (AvgIpc) is 2.53. The predicted octanol–water partition coefficient (Wildman–Crippen LogP) is 3.87. The number of nitro groups is 1. The molecular weight excluding hydrogens is 266 g/mol. The summed E-state index contributed by atoms with van der Waals surface area (Å²) in [5.41, 5.74) is 0.830. The molecule has 1 aliphatic rings. The Morgan fingerprint density at radius 1 is 1.38 bits per heavy atom. The minimum atomic E-state index is -0.482. The zero-order valence-electron chi connectivity index (χ0n) is 12.6. The summed E-state index contributed by atoms with van der Waals surface area (Å²) in [6.45, 7) is 2.23. The number of nitrogens with zero attached hydrogens (tertiary/aromatic N) is 3.